The molecule has 1 fully saturated rings. The molecule has 1 amide bonds. The van der Waals surface area contributed by atoms with Crippen molar-refractivity contribution in [3.05, 3.63) is 52.5 Å². The molecule has 1 aromatic heterocycles. The number of halogens is 1. The van der Waals surface area contributed by atoms with Gasteiger partial charge in [-0.3, -0.25) is 0 Å². The van der Waals surface area contributed by atoms with Gasteiger partial charge in [-0.15, -0.1) is 0 Å². The SMILES string of the molecule is Nc1nc(Nc2ccc3c(c2)[C@@H]2NC(=O)O[C@@H]2C3)nc(-c2cccc3c2OCCO3)c1Cl. The summed E-state index contributed by atoms with van der Waals surface area (Å²) in [5, 5.41) is 6.29. The summed E-state index contributed by atoms with van der Waals surface area (Å²) in [7, 11) is 0. The van der Waals surface area contributed by atoms with Crippen LogP contribution in [0.2, 0.25) is 5.02 Å². The summed E-state index contributed by atoms with van der Waals surface area (Å²) in [5.74, 6) is 1.64. The van der Waals surface area contributed by atoms with Gasteiger partial charge in [0.15, 0.2) is 11.5 Å². The van der Waals surface area contributed by atoms with E-state index in [2.05, 4.69) is 20.6 Å². The Kier molecular flexibility index (Phi) is 4.25. The molecule has 2 aromatic carbocycles. The van der Waals surface area contributed by atoms with Crippen LogP contribution in [0.15, 0.2) is 36.4 Å². The first-order valence-corrected chi connectivity index (χ1v) is 10.5. The largest absolute Gasteiger partial charge is 0.486 e. The zero-order valence-corrected chi connectivity index (χ0v) is 17.5. The number of amides is 1. The molecule has 3 aliphatic rings. The highest BCUT2D eigenvalue weighted by Gasteiger charge is 2.41. The number of nitrogens with two attached hydrogens (primary N) is 1. The predicted octanol–water partition coefficient (Wildman–Crippen LogP) is 3.60. The molecule has 3 aromatic rings. The molecule has 0 radical (unpaired) electrons. The number of aromatic nitrogens is 2. The van der Waals surface area contributed by atoms with Gasteiger partial charge in [-0.05, 0) is 35.4 Å². The van der Waals surface area contributed by atoms with Gasteiger partial charge in [0.1, 0.15) is 35.9 Å². The van der Waals surface area contributed by atoms with Crippen molar-refractivity contribution < 1.29 is 19.0 Å². The molecular weight excluding hydrogens is 434 g/mol. The first-order chi connectivity index (χ1) is 15.6. The standard InChI is InChI=1S/C22H18ClN5O4/c23-16-18(12-2-1-3-14-19(12)31-7-6-30-14)26-21(28-20(16)24)25-11-5-4-10-8-15-17(13(10)9-11)27-22(29)32-15/h1-5,9,15,17H,6-8H2,(H,27,29)(H3,24,25,26,28)/t15-,17+/m1/s1. The summed E-state index contributed by atoms with van der Waals surface area (Å²) in [6.07, 6.45) is 0.127. The topological polar surface area (TPSA) is 121 Å². The van der Waals surface area contributed by atoms with Crippen LogP contribution in [0.25, 0.3) is 11.3 Å². The lowest BCUT2D eigenvalue weighted by Crippen LogP contribution is -2.18. The minimum absolute atomic E-state index is 0.145. The smallest absolute Gasteiger partial charge is 0.408 e. The quantitative estimate of drug-likeness (QED) is 0.552. The lowest BCUT2D eigenvalue weighted by molar-refractivity contribution is 0.136. The summed E-state index contributed by atoms with van der Waals surface area (Å²) in [6, 6.07) is 11.3. The van der Waals surface area contributed by atoms with Crippen LogP contribution >= 0.6 is 11.6 Å². The Morgan fingerprint density at radius 2 is 2.03 bits per heavy atom. The van der Waals surface area contributed by atoms with Gasteiger partial charge in [-0.1, -0.05) is 23.7 Å². The average molecular weight is 452 g/mol. The molecule has 3 heterocycles. The van der Waals surface area contributed by atoms with Crippen molar-refractivity contribution in [1.29, 1.82) is 0 Å². The van der Waals surface area contributed by atoms with E-state index in [1.165, 1.54) is 0 Å². The van der Waals surface area contributed by atoms with Gasteiger partial charge in [0, 0.05) is 17.7 Å². The molecule has 162 valence electrons. The highest BCUT2D eigenvalue weighted by molar-refractivity contribution is 6.35. The normalized spacial score (nSPS) is 20.2. The second-order valence-corrected chi connectivity index (χ2v) is 8.11. The lowest BCUT2D eigenvalue weighted by atomic mass is 10.1. The number of anilines is 3. The number of alkyl carbamates (subject to hydrolysis) is 1. The first kappa shape index (κ1) is 19.0. The van der Waals surface area contributed by atoms with Crippen LogP contribution < -0.4 is 25.8 Å². The molecule has 1 saturated heterocycles. The van der Waals surface area contributed by atoms with E-state index in [9.17, 15) is 4.79 Å². The van der Waals surface area contributed by atoms with Crippen molar-refractivity contribution in [3.63, 3.8) is 0 Å². The van der Waals surface area contributed by atoms with Crippen LogP contribution in [0.5, 0.6) is 11.5 Å². The van der Waals surface area contributed by atoms with Crippen molar-refractivity contribution in [2.45, 2.75) is 18.6 Å². The summed E-state index contributed by atoms with van der Waals surface area (Å²) in [5.41, 5.74) is 10.1. The van der Waals surface area contributed by atoms with Crippen LogP contribution in [0.4, 0.5) is 22.2 Å². The van der Waals surface area contributed by atoms with Crippen LogP contribution in [-0.2, 0) is 11.2 Å². The van der Waals surface area contributed by atoms with E-state index in [-0.39, 0.29) is 35.0 Å². The highest BCUT2D eigenvalue weighted by Crippen LogP contribution is 2.43. The molecule has 9 nitrogen and oxygen atoms in total. The van der Waals surface area contributed by atoms with Gasteiger partial charge in [0.05, 0.1) is 6.04 Å². The molecule has 2 aliphatic heterocycles. The highest BCUT2D eigenvalue weighted by atomic mass is 35.5. The zero-order chi connectivity index (χ0) is 21.8. The van der Waals surface area contributed by atoms with E-state index in [0.29, 0.717) is 42.4 Å². The molecule has 10 heteroatoms. The fraction of sp³-hybridized carbons (Fsp3) is 0.227. The predicted molar refractivity (Wildman–Crippen MR) is 117 cm³/mol. The van der Waals surface area contributed by atoms with Crippen LogP contribution in [0, 0.1) is 0 Å². The van der Waals surface area contributed by atoms with Gasteiger partial charge in [-0.25, -0.2) is 9.78 Å². The summed E-state index contributed by atoms with van der Waals surface area (Å²) < 4.78 is 16.8. The zero-order valence-electron chi connectivity index (χ0n) is 16.7. The monoisotopic (exact) mass is 451 g/mol. The molecule has 0 spiro atoms. The Morgan fingerprint density at radius 1 is 1.16 bits per heavy atom. The minimum Gasteiger partial charge on any atom is -0.486 e. The molecule has 4 N–H and O–H groups in total. The van der Waals surface area contributed by atoms with E-state index in [1.54, 1.807) is 0 Å². The maximum Gasteiger partial charge on any atom is 0.408 e. The molecule has 0 bridgehead atoms. The van der Waals surface area contributed by atoms with Crippen molar-refractivity contribution in [1.82, 2.24) is 15.3 Å². The number of benzene rings is 2. The van der Waals surface area contributed by atoms with Gasteiger partial charge in [0.25, 0.3) is 0 Å². The number of rotatable bonds is 3. The molecule has 2 atom stereocenters. The number of nitrogen functional groups attached to an aromatic ring is 1. The van der Waals surface area contributed by atoms with Crippen molar-refractivity contribution in [3.8, 4) is 22.8 Å². The number of hydrogen-bond acceptors (Lipinski definition) is 8. The molecule has 32 heavy (non-hydrogen) atoms. The molecular formula is C22H18ClN5O4. The fourth-order valence-corrected chi connectivity index (χ4v) is 4.54. The summed E-state index contributed by atoms with van der Waals surface area (Å²) in [6.45, 7) is 0.916. The van der Waals surface area contributed by atoms with E-state index in [4.69, 9.17) is 31.5 Å². The van der Waals surface area contributed by atoms with Crippen molar-refractivity contribution in [2.24, 2.45) is 0 Å². The molecule has 1 aliphatic carbocycles. The number of nitrogens with zero attached hydrogens (tertiary/aromatic N) is 2. The average Bonchev–Trinajstić information content (AvgIpc) is 3.31. The fourth-order valence-electron chi connectivity index (χ4n) is 4.35. The summed E-state index contributed by atoms with van der Waals surface area (Å²) in [4.78, 5) is 20.5. The Balaban J connectivity index is 1.36. The van der Waals surface area contributed by atoms with Crippen molar-refractivity contribution >= 4 is 35.1 Å². The van der Waals surface area contributed by atoms with E-state index in [1.807, 2.05) is 36.4 Å². The maximum absolute atomic E-state index is 11.6. The van der Waals surface area contributed by atoms with E-state index in [0.717, 1.165) is 16.8 Å². The molecule has 0 saturated carbocycles. The Hall–Kier alpha value is -3.72. The van der Waals surface area contributed by atoms with Gasteiger partial charge in [0.2, 0.25) is 5.95 Å². The van der Waals surface area contributed by atoms with E-state index >= 15 is 0 Å². The third kappa shape index (κ3) is 3.04. The Bertz CT molecular complexity index is 1270. The third-order valence-corrected chi connectivity index (χ3v) is 6.13. The Morgan fingerprint density at radius 3 is 2.94 bits per heavy atom. The van der Waals surface area contributed by atoms with Gasteiger partial charge >= 0.3 is 6.09 Å². The first-order valence-electron chi connectivity index (χ1n) is 10.2. The number of ether oxygens (including phenoxy) is 3. The number of carbonyl (C=O) groups is 1. The molecule has 0 unspecified atom stereocenters. The Labute approximate surface area is 187 Å². The number of hydrogen-bond donors (Lipinski definition) is 3. The van der Waals surface area contributed by atoms with Crippen molar-refractivity contribution in [2.75, 3.05) is 24.3 Å². The lowest BCUT2D eigenvalue weighted by Gasteiger charge is -2.21. The van der Waals surface area contributed by atoms with E-state index < -0.39 is 0 Å². The minimum atomic E-state index is -0.389. The number of carbonyl (C=O) groups excluding carboxylic acids is 1. The van der Waals surface area contributed by atoms with Gasteiger partial charge in [-0.2, -0.15) is 4.98 Å². The van der Waals surface area contributed by atoms with Crippen LogP contribution in [-0.4, -0.2) is 35.4 Å². The maximum atomic E-state index is 11.6. The van der Waals surface area contributed by atoms with Crippen LogP contribution in [0.3, 0.4) is 0 Å². The van der Waals surface area contributed by atoms with Gasteiger partial charge < -0.3 is 30.6 Å². The summed E-state index contributed by atoms with van der Waals surface area (Å²) >= 11 is 6.47. The molecule has 6 rings (SSSR count). The number of para-hydroxylation sites is 1. The second kappa shape index (κ2) is 7.16. The third-order valence-electron chi connectivity index (χ3n) is 5.76. The van der Waals surface area contributed by atoms with Crippen LogP contribution in [0.1, 0.15) is 17.2 Å². The number of fused-ring (bicyclic) bond motifs is 4. The second-order valence-electron chi connectivity index (χ2n) is 7.73. The number of nitrogens with one attached hydrogen (secondary N) is 2.